The van der Waals surface area contributed by atoms with E-state index < -0.39 is 0 Å². The fourth-order valence-corrected chi connectivity index (χ4v) is 4.23. The van der Waals surface area contributed by atoms with Gasteiger partial charge in [0.15, 0.2) is 18.5 Å². The van der Waals surface area contributed by atoms with E-state index in [0.717, 1.165) is 38.6 Å². The average Bonchev–Trinajstić information content (AvgIpc) is 3.24. The van der Waals surface area contributed by atoms with Gasteiger partial charge in [-0.25, -0.2) is 0 Å². The molecule has 1 fully saturated rings. The fourth-order valence-electron chi connectivity index (χ4n) is 4.23. The zero-order valence-corrected chi connectivity index (χ0v) is 16.8. The van der Waals surface area contributed by atoms with Crippen molar-refractivity contribution in [3.05, 3.63) is 29.8 Å². The second kappa shape index (κ2) is 8.98. The van der Waals surface area contributed by atoms with Crippen LogP contribution in [-0.2, 0) is 24.4 Å². The number of fused-ring (bicyclic) bond motifs is 1. The van der Waals surface area contributed by atoms with Gasteiger partial charge in [0.2, 0.25) is 5.69 Å². The summed E-state index contributed by atoms with van der Waals surface area (Å²) < 4.78 is 18.7. The van der Waals surface area contributed by atoms with Crippen molar-refractivity contribution in [2.45, 2.75) is 64.6 Å². The maximum absolute atomic E-state index is 10.9. The van der Waals surface area contributed by atoms with Crippen LogP contribution in [0.15, 0.2) is 24.3 Å². The molecule has 27 heavy (non-hydrogen) atoms. The number of hydrogen-bond acceptors (Lipinski definition) is 4. The highest BCUT2D eigenvalue weighted by Gasteiger charge is 2.45. The Morgan fingerprint density at radius 1 is 1.22 bits per heavy atom. The summed E-state index contributed by atoms with van der Waals surface area (Å²) in [7, 11) is 0. The van der Waals surface area contributed by atoms with E-state index in [1.165, 1.54) is 23.9 Å². The van der Waals surface area contributed by atoms with Crippen molar-refractivity contribution in [2.24, 2.45) is 0 Å². The Labute approximate surface area is 162 Å². The first-order valence-electron chi connectivity index (χ1n) is 10.1. The summed E-state index contributed by atoms with van der Waals surface area (Å²) in [5, 5.41) is 0. The number of benzene rings is 1. The maximum atomic E-state index is 10.9. The van der Waals surface area contributed by atoms with Gasteiger partial charge in [-0.05, 0) is 19.8 Å². The van der Waals surface area contributed by atoms with Gasteiger partial charge in [-0.3, -0.25) is 4.79 Å². The fraction of sp³-hybridized carbons (Fsp3) is 0.636. The highest BCUT2D eigenvalue weighted by Crippen LogP contribution is 2.43. The van der Waals surface area contributed by atoms with E-state index in [4.69, 9.17) is 14.2 Å². The molecular formula is C22H32NO4+. The van der Waals surface area contributed by atoms with Crippen molar-refractivity contribution >= 4 is 17.4 Å². The first kappa shape index (κ1) is 20.0. The third kappa shape index (κ3) is 4.58. The van der Waals surface area contributed by atoms with Gasteiger partial charge in [0.25, 0.3) is 0 Å². The van der Waals surface area contributed by atoms with Crippen LogP contribution in [0, 0.1) is 0 Å². The largest absolute Gasteiger partial charge is 0.466 e. The molecule has 1 aromatic carbocycles. The summed E-state index contributed by atoms with van der Waals surface area (Å²) in [5.74, 6) is -0.193. The van der Waals surface area contributed by atoms with Gasteiger partial charge in [-0.2, -0.15) is 4.58 Å². The average molecular weight is 375 g/mol. The number of esters is 1. The number of para-hydroxylation sites is 1. The van der Waals surface area contributed by atoms with Crippen molar-refractivity contribution in [2.75, 3.05) is 26.4 Å². The minimum Gasteiger partial charge on any atom is -0.466 e. The Balaban J connectivity index is 1.64. The third-order valence-corrected chi connectivity index (χ3v) is 5.90. The molecule has 148 valence electrons. The SMILES string of the molecule is CC(=O)OCCCCCC1(C)C(C)=[N+](CCC2OCCO2)c2ccccc21. The van der Waals surface area contributed by atoms with E-state index in [9.17, 15) is 4.79 Å². The van der Waals surface area contributed by atoms with Gasteiger partial charge in [0.1, 0.15) is 0 Å². The summed E-state index contributed by atoms with van der Waals surface area (Å²) in [5.41, 5.74) is 4.18. The second-order valence-corrected chi connectivity index (χ2v) is 7.70. The number of hydrogen-bond donors (Lipinski definition) is 0. The summed E-state index contributed by atoms with van der Waals surface area (Å²) >= 11 is 0. The van der Waals surface area contributed by atoms with Crippen LogP contribution in [0.25, 0.3) is 0 Å². The van der Waals surface area contributed by atoms with Crippen LogP contribution in [0.4, 0.5) is 5.69 Å². The molecule has 1 aromatic rings. The Morgan fingerprint density at radius 3 is 2.70 bits per heavy atom. The highest BCUT2D eigenvalue weighted by atomic mass is 16.7. The minimum atomic E-state index is -0.193. The highest BCUT2D eigenvalue weighted by molar-refractivity contribution is 5.93. The molecule has 2 aliphatic rings. The molecule has 0 spiro atoms. The summed E-state index contributed by atoms with van der Waals surface area (Å²) in [6.07, 6.45) is 5.02. The molecule has 0 saturated carbocycles. The molecule has 5 heteroatoms. The summed E-state index contributed by atoms with van der Waals surface area (Å²) in [4.78, 5) is 10.9. The Hall–Kier alpha value is -1.72. The van der Waals surface area contributed by atoms with E-state index >= 15 is 0 Å². The van der Waals surface area contributed by atoms with E-state index in [2.05, 4.69) is 42.7 Å². The van der Waals surface area contributed by atoms with Crippen molar-refractivity contribution < 1.29 is 23.6 Å². The Kier molecular flexibility index (Phi) is 6.66. The van der Waals surface area contributed by atoms with Crippen LogP contribution >= 0.6 is 0 Å². The summed E-state index contributed by atoms with van der Waals surface area (Å²) in [6, 6.07) is 8.74. The van der Waals surface area contributed by atoms with E-state index in [1.807, 2.05) is 0 Å². The zero-order chi connectivity index (χ0) is 19.3. The lowest BCUT2D eigenvalue weighted by molar-refractivity contribution is -0.443. The van der Waals surface area contributed by atoms with Gasteiger partial charge in [-0.1, -0.05) is 31.0 Å². The molecule has 1 unspecified atom stereocenters. The molecule has 0 aromatic heterocycles. The molecule has 0 amide bonds. The van der Waals surface area contributed by atoms with Gasteiger partial charge in [0.05, 0.1) is 31.7 Å². The van der Waals surface area contributed by atoms with Crippen LogP contribution < -0.4 is 0 Å². The number of unbranched alkanes of at least 4 members (excludes halogenated alkanes) is 2. The topological polar surface area (TPSA) is 47.8 Å². The Bertz CT molecular complexity index is 693. The predicted octanol–water partition coefficient (Wildman–Crippen LogP) is 3.95. The van der Waals surface area contributed by atoms with Gasteiger partial charge >= 0.3 is 5.97 Å². The first-order chi connectivity index (χ1) is 13.0. The molecule has 5 nitrogen and oxygen atoms in total. The molecule has 3 rings (SSSR count). The normalized spacial score (nSPS) is 22.3. The van der Waals surface area contributed by atoms with Crippen molar-refractivity contribution in [3.8, 4) is 0 Å². The van der Waals surface area contributed by atoms with E-state index in [-0.39, 0.29) is 17.7 Å². The number of nitrogens with zero attached hydrogens (tertiary/aromatic N) is 1. The minimum absolute atomic E-state index is 0.0510. The molecule has 2 heterocycles. The number of rotatable bonds is 9. The Morgan fingerprint density at radius 2 is 1.96 bits per heavy atom. The standard InChI is InChI=1S/C22H32NO4/c1-17-22(3,12-7-4-8-14-25-18(2)24)19-9-5-6-10-20(19)23(17)13-11-21-26-15-16-27-21/h5-6,9-10,21H,4,7-8,11-16H2,1-3H3/q+1. The van der Waals surface area contributed by atoms with Gasteiger partial charge < -0.3 is 14.2 Å². The zero-order valence-electron chi connectivity index (χ0n) is 16.8. The molecule has 0 radical (unpaired) electrons. The van der Waals surface area contributed by atoms with Crippen LogP contribution in [0.3, 0.4) is 0 Å². The van der Waals surface area contributed by atoms with Crippen LogP contribution in [0.2, 0.25) is 0 Å². The second-order valence-electron chi connectivity index (χ2n) is 7.70. The molecule has 0 aliphatic carbocycles. The first-order valence-corrected chi connectivity index (χ1v) is 10.1. The monoisotopic (exact) mass is 374 g/mol. The number of ether oxygens (including phenoxy) is 3. The van der Waals surface area contributed by atoms with Crippen molar-refractivity contribution in [1.82, 2.24) is 0 Å². The molecular weight excluding hydrogens is 342 g/mol. The van der Waals surface area contributed by atoms with Crippen LogP contribution in [0.1, 0.15) is 58.4 Å². The molecule has 2 aliphatic heterocycles. The summed E-state index contributed by atoms with van der Waals surface area (Å²) in [6.45, 7) is 8.93. The van der Waals surface area contributed by atoms with E-state index in [1.54, 1.807) is 0 Å². The molecule has 1 atom stereocenters. The number of carbonyl (C=O) groups is 1. The van der Waals surface area contributed by atoms with Crippen molar-refractivity contribution in [3.63, 3.8) is 0 Å². The molecule has 0 bridgehead atoms. The lowest BCUT2D eigenvalue weighted by Crippen LogP contribution is -2.31. The number of carbonyl (C=O) groups excluding carboxylic acids is 1. The van der Waals surface area contributed by atoms with Crippen molar-refractivity contribution in [1.29, 1.82) is 0 Å². The molecule has 1 saturated heterocycles. The quantitative estimate of drug-likeness (QED) is 0.373. The van der Waals surface area contributed by atoms with Gasteiger partial charge in [-0.15, -0.1) is 0 Å². The van der Waals surface area contributed by atoms with Gasteiger partial charge in [0, 0.05) is 25.5 Å². The predicted molar refractivity (Wildman–Crippen MR) is 105 cm³/mol. The smallest absolute Gasteiger partial charge is 0.302 e. The van der Waals surface area contributed by atoms with Crippen LogP contribution in [-0.4, -0.2) is 48.9 Å². The van der Waals surface area contributed by atoms with Crippen LogP contribution in [0.5, 0.6) is 0 Å². The third-order valence-electron chi connectivity index (χ3n) is 5.90. The van der Waals surface area contributed by atoms with E-state index in [0.29, 0.717) is 19.8 Å². The lowest BCUT2D eigenvalue weighted by atomic mass is 9.76. The maximum Gasteiger partial charge on any atom is 0.302 e. The lowest BCUT2D eigenvalue weighted by Gasteiger charge is -2.22. The molecule has 0 N–H and O–H groups in total.